The van der Waals surface area contributed by atoms with Crippen molar-refractivity contribution < 1.29 is 9.53 Å². The molecule has 0 unspecified atom stereocenters. The first kappa shape index (κ1) is 14.8. The lowest BCUT2D eigenvalue weighted by atomic mass is 10.1. The maximum absolute atomic E-state index is 11.6. The van der Waals surface area contributed by atoms with E-state index in [2.05, 4.69) is 10.5 Å². The molecule has 1 rings (SSSR count). The van der Waals surface area contributed by atoms with Gasteiger partial charge in [0.05, 0.1) is 31.0 Å². The number of benzene rings is 1. The predicted octanol–water partition coefficient (Wildman–Crippen LogP) is 2.19. The van der Waals surface area contributed by atoms with Crippen LogP contribution in [0.4, 0.5) is 0 Å². The fourth-order valence-corrected chi connectivity index (χ4v) is 1.61. The lowest BCUT2D eigenvalue weighted by molar-refractivity contribution is -0.120. The molecular weight excluding hydrogens is 275 g/mol. The van der Waals surface area contributed by atoms with Crippen LogP contribution in [0.3, 0.4) is 0 Å². The molecule has 1 aromatic rings. The number of amides is 1. The van der Waals surface area contributed by atoms with E-state index in [1.54, 1.807) is 19.2 Å². The minimum atomic E-state index is -0.215. The van der Waals surface area contributed by atoms with Crippen molar-refractivity contribution in [1.82, 2.24) is 5.43 Å². The summed E-state index contributed by atoms with van der Waals surface area (Å²) in [5.74, 6) is 0.940. The number of hydrazone groups is 1. The number of nitrogens with one attached hydrogen (secondary N) is 1. The van der Waals surface area contributed by atoms with E-state index < -0.39 is 0 Å². The fraction of sp³-hybridized carbons (Fsp3) is 0.333. The SMILES string of the molecule is COc1ccc(CC(=O)NN=C(CCl)CCl)cc1. The average molecular weight is 289 g/mol. The minimum absolute atomic E-state index is 0.201. The Morgan fingerprint density at radius 1 is 1.28 bits per heavy atom. The van der Waals surface area contributed by atoms with Crippen molar-refractivity contribution in [2.45, 2.75) is 6.42 Å². The van der Waals surface area contributed by atoms with Gasteiger partial charge in [-0.25, -0.2) is 5.43 Å². The van der Waals surface area contributed by atoms with Crippen LogP contribution < -0.4 is 10.2 Å². The van der Waals surface area contributed by atoms with Gasteiger partial charge < -0.3 is 4.74 Å². The average Bonchev–Trinajstić information content (AvgIpc) is 2.41. The first-order valence-corrected chi connectivity index (χ1v) is 6.35. The van der Waals surface area contributed by atoms with Crippen molar-refractivity contribution in [2.75, 3.05) is 18.9 Å². The highest BCUT2D eigenvalue weighted by molar-refractivity contribution is 6.37. The largest absolute Gasteiger partial charge is 0.497 e. The zero-order valence-electron chi connectivity index (χ0n) is 9.95. The van der Waals surface area contributed by atoms with Crippen LogP contribution in [0.25, 0.3) is 0 Å². The Bertz CT molecular complexity index is 413. The molecule has 18 heavy (non-hydrogen) atoms. The third-order valence-corrected chi connectivity index (χ3v) is 2.79. The molecule has 98 valence electrons. The number of halogens is 2. The number of methoxy groups -OCH3 is 1. The van der Waals surface area contributed by atoms with Crippen LogP contribution in [0.15, 0.2) is 29.4 Å². The van der Waals surface area contributed by atoms with Gasteiger partial charge >= 0.3 is 0 Å². The van der Waals surface area contributed by atoms with E-state index in [1.807, 2.05) is 12.1 Å². The summed E-state index contributed by atoms with van der Waals surface area (Å²) >= 11 is 11.1. The van der Waals surface area contributed by atoms with Crippen molar-refractivity contribution in [3.05, 3.63) is 29.8 Å². The molecule has 0 atom stereocenters. The number of hydrogen-bond donors (Lipinski definition) is 1. The number of carbonyl (C=O) groups excluding carboxylic acids is 1. The predicted molar refractivity (Wildman–Crippen MR) is 73.7 cm³/mol. The number of carbonyl (C=O) groups is 1. The minimum Gasteiger partial charge on any atom is -0.497 e. The Labute approximate surface area is 116 Å². The number of ether oxygens (including phenoxy) is 1. The molecule has 6 heteroatoms. The molecule has 0 radical (unpaired) electrons. The summed E-state index contributed by atoms with van der Waals surface area (Å²) in [6.45, 7) is 0. The molecule has 4 nitrogen and oxygen atoms in total. The van der Waals surface area contributed by atoms with E-state index in [4.69, 9.17) is 27.9 Å². The Morgan fingerprint density at radius 2 is 1.89 bits per heavy atom. The van der Waals surface area contributed by atoms with Crippen molar-refractivity contribution in [2.24, 2.45) is 5.10 Å². The van der Waals surface area contributed by atoms with Crippen LogP contribution in [0.1, 0.15) is 5.56 Å². The summed E-state index contributed by atoms with van der Waals surface area (Å²) in [7, 11) is 1.59. The summed E-state index contributed by atoms with van der Waals surface area (Å²) in [6.07, 6.45) is 0.241. The zero-order chi connectivity index (χ0) is 13.4. The molecule has 0 aliphatic rings. The Kier molecular flexibility index (Phi) is 6.54. The third kappa shape index (κ3) is 4.94. The van der Waals surface area contributed by atoms with Crippen LogP contribution in [-0.2, 0) is 11.2 Å². The first-order chi connectivity index (χ1) is 8.69. The van der Waals surface area contributed by atoms with E-state index in [0.29, 0.717) is 5.71 Å². The number of rotatable bonds is 6. The van der Waals surface area contributed by atoms with E-state index >= 15 is 0 Å². The molecule has 0 aromatic heterocycles. The smallest absolute Gasteiger partial charge is 0.244 e. The number of alkyl halides is 2. The van der Waals surface area contributed by atoms with Gasteiger partial charge in [-0.05, 0) is 17.7 Å². The molecule has 1 aromatic carbocycles. The van der Waals surface area contributed by atoms with Crippen LogP contribution in [0, 0.1) is 0 Å². The first-order valence-electron chi connectivity index (χ1n) is 5.28. The quantitative estimate of drug-likeness (QED) is 0.496. The monoisotopic (exact) mass is 288 g/mol. The Balaban J connectivity index is 2.51. The van der Waals surface area contributed by atoms with Gasteiger partial charge in [-0.2, -0.15) is 5.10 Å². The maximum Gasteiger partial charge on any atom is 0.244 e. The molecule has 0 saturated heterocycles. The molecule has 1 amide bonds. The molecule has 0 spiro atoms. The molecule has 0 fully saturated rings. The third-order valence-electron chi connectivity index (χ3n) is 2.17. The molecule has 0 saturated carbocycles. The van der Waals surface area contributed by atoms with Gasteiger partial charge in [-0.1, -0.05) is 12.1 Å². The molecule has 0 aliphatic heterocycles. The Morgan fingerprint density at radius 3 is 2.39 bits per heavy atom. The topological polar surface area (TPSA) is 50.7 Å². The van der Waals surface area contributed by atoms with Crippen molar-refractivity contribution in [3.8, 4) is 5.75 Å². The lowest BCUT2D eigenvalue weighted by Crippen LogP contribution is -2.22. The summed E-state index contributed by atoms with van der Waals surface area (Å²) < 4.78 is 5.03. The number of hydrogen-bond acceptors (Lipinski definition) is 3. The second-order valence-corrected chi connectivity index (χ2v) is 4.04. The van der Waals surface area contributed by atoms with Gasteiger partial charge in [0.1, 0.15) is 5.75 Å². The highest BCUT2D eigenvalue weighted by Gasteiger charge is 2.03. The van der Waals surface area contributed by atoms with E-state index in [0.717, 1.165) is 11.3 Å². The van der Waals surface area contributed by atoms with E-state index in [-0.39, 0.29) is 24.1 Å². The van der Waals surface area contributed by atoms with Gasteiger partial charge in [0.2, 0.25) is 5.91 Å². The maximum atomic E-state index is 11.6. The van der Waals surface area contributed by atoms with Crippen LogP contribution in [0.5, 0.6) is 5.75 Å². The van der Waals surface area contributed by atoms with E-state index in [1.165, 1.54) is 0 Å². The summed E-state index contributed by atoms with van der Waals surface area (Å²) in [4.78, 5) is 11.6. The zero-order valence-corrected chi connectivity index (χ0v) is 11.5. The normalized spacial score (nSPS) is 9.72. The molecule has 0 heterocycles. The fourth-order valence-electron chi connectivity index (χ4n) is 1.21. The van der Waals surface area contributed by atoms with Crippen molar-refractivity contribution >= 4 is 34.8 Å². The Hall–Kier alpha value is -1.26. The molecule has 0 aliphatic carbocycles. The van der Waals surface area contributed by atoms with E-state index in [9.17, 15) is 4.79 Å². The van der Waals surface area contributed by atoms with Crippen LogP contribution in [-0.4, -0.2) is 30.5 Å². The standard InChI is InChI=1S/C12H14Cl2N2O2/c1-18-11-4-2-9(3-5-11)6-12(17)16-15-10(7-13)8-14/h2-5H,6-8H2,1H3,(H,16,17). The second-order valence-electron chi connectivity index (χ2n) is 3.51. The summed E-state index contributed by atoms with van der Waals surface area (Å²) in [5.41, 5.74) is 3.82. The number of nitrogens with zero attached hydrogens (tertiary/aromatic N) is 1. The van der Waals surface area contributed by atoms with Crippen molar-refractivity contribution in [3.63, 3.8) is 0 Å². The molecule has 0 bridgehead atoms. The molecular formula is C12H14Cl2N2O2. The van der Waals surface area contributed by atoms with Crippen LogP contribution >= 0.6 is 23.2 Å². The van der Waals surface area contributed by atoms with Crippen LogP contribution in [0.2, 0.25) is 0 Å². The highest BCUT2D eigenvalue weighted by atomic mass is 35.5. The van der Waals surface area contributed by atoms with Gasteiger partial charge in [0, 0.05) is 0 Å². The highest BCUT2D eigenvalue weighted by Crippen LogP contribution is 2.11. The summed E-state index contributed by atoms with van der Waals surface area (Å²) in [5, 5.41) is 3.82. The molecule has 1 N–H and O–H groups in total. The summed E-state index contributed by atoms with van der Waals surface area (Å²) in [6, 6.07) is 7.25. The van der Waals surface area contributed by atoms with Gasteiger partial charge in [0.15, 0.2) is 0 Å². The van der Waals surface area contributed by atoms with Gasteiger partial charge in [-0.3, -0.25) is 4.79 Å². The van der Waals surface area contributed by atoms with Gasteiger partial charge in [0.25, 0.3) is 0 Å². The van der Waals surface area contributed by atoms with Crippen molar-refractivity contribution in [1.29, 1.82) is 0 Å². The lowest BCUT2D eigenvalue weighted by Gasteiger charge is -2.03. The second kappa shape index (κ2) is 7.95. The van der Waals surface area contributed by atoms with Gasteiger partial charge in [-0.15, -0.1) is 23.2 Å².